The second kappa shape index (κ2) is 15.1. The minimum atomic E-state index is -0.00404. The fourth-order valence-electron chi connectivity index (χ4n) is 5.66. The first-order valence-electron chi connectivity index (χ1n) is 15.1. The average molecular weight is 631 g/mol. The van der Waals surface area contributed by atoms with Gasteiger partial charge in [0.25, 0.3) is 5.91 Å². The first kappa shape index (κ1) is 32.1. The van der Waals surface area contributed by atoms with Crippen molar-refractivity contribution in [2.75, 3.05) is 66.1 Å². The molecule has 238 valence electrons. The van der Waals surface area contributed by atoms with E-state index in [9.17, 15) is 4.79 Å². The summed E-state index contributed by atoms with van der Waals surface area (Å²) in [6, 6.07) is 20.3. The van der Waals surface area contributed by atoms with Crippen molar-refractivity contribution in [1.82, 2.24) is 14.8 Å². The maximum Gasteiger partial charge on any atom is 0.273 e. The van der Waals surface area contributed by atoms with E-state index in [1.807, 2.05) is 40.6 Å². The normalized spacial score (nSPS) is 13.2. The Labute approximate surface area is 269 Å². The van der Waals surface area contributed by atoms with Crippen molar-refractivity contribution in [1.29, 1.82) is 0 Å². The van der Waals surface area contributed by atoms with Gasteiger partial charge in [0, 0.05) is 62.0 Å². The molecule has 0 bridgehead atoms. The lowest BCUT2D eigenvalue weighted by molar-refractivity contribution is 0.0741. The molecule has 0 radical (unpaired) electrons. The number of benzene rings is 3. The minimum absolute atomic E-state index is 0.00404. The highest BCUT2D eigenvalue weighted by atomic mass is 32.1. The van der Waals surface area contributed by atoms with Gasteiger partial charge in [-0.15, -0.1) is 11.3 Å². The van der Waals surface area contributed by atoms with Gasteiger partial charge in [-0.25, -0.2) is 4.98 Å². The van der Waals surface area contributed by atoms with Crippen LogP contribution in [0.1, 0.15) is 32.2 Å². The molecule has 1 aliphatic rings. The molecule has 4 aromatic rings. The van der Waals surface area contributed by atoms with Crippen LogP contribution >= 0.6 is 11.3 Å². The fraction of sp³-hybridized carbons (Fsp3) is 0.371. The van der Waals surface area contributed by atoms with Crippen molar-refractivity contribution in [2.45, 2.75) is 26.4 Å². The smallest absolute Gasteiger partial charge is 0.273 e. The van der Waals surface area contributed by atoms with E-state index in [1.54, 1.807) is 28.4 Å². The largest absolute Gasteiger partial charge is 0.497 e. The van der Waals surface area contributed by atoms with Gasteiger partial charge in [0.05, 0.1) is 35.0 Å². The van der Waals surface area contributed by atoms with Gasteiger partial charge in [0.2, 0.25) is 0 Å². The Morgan fingerprint density at radius 1 is 0.844 bits per heavy atom. The molecule has 1 aromatic heterocycles. The molecule has 2 heterocycles. The molecule has 3 aromatic carbocycles. The lowest BCUT2D eigenvalue weighted by atomic mass is 10.1. The van der Waals surface area contributed by atoms with Crippen molar-refractivity contribution in [3.05, 3.63) is 93.4 Å². The van der Waals surface area contributed by atoms with E-state index in [0.717, 1.165) is 53.7 Å². The number of carbonyl (C=O) groups is 1. The van der Waals surface area contributed by atoms with E-state index >= 15 is 0 Å². The van der Waals surface area contributed by atoms with Crippen LogP contribution in [-0.4, -0.2) is 81.9 Å². The first-order chi connectivity index (χ1) is 21.9. The van der Waals surface area contributed by atoms with Crippen LogP contribution in [0.4, 0.5) is 5.69 Å². The van der Waals surface area contributed by atoms with E-state index in [4.69, 9.17) is 23.9 Å². The van der Waals surface area contributed by atoms with Gasteiger partial charge in [0.1, 0.15) is 22.2 Å². The van der Waals surface area contributed by atoms with Gasteiger partial charge in [-0.3, -0.25) is 9.69 Å². The summed E-state index contributed by atoms with van der Waals surface area (Å²) in [5, 5.41) is 2.79. The van der Waals surface area contributed by atoms with Gasteiger partial charge >= 0.3 is 0 Å². The number of carbonyl (C=O) groups excluding carboxylic acids is 1. The van der Waals surface area contributed by atoms with Crippen LogP contribution in [0.3, 0.4) is 0 Å². The molecule has 10 heteroatoms. The predicted octanol–water partition coefficient (Wildman–Crippen LogP) is 5.69. The standard InChI is InChI=1S/C35H42N4O5S/c1-25-8-6-7-9-30(25)38-16-18-39(19-17-38)35(40)29-24-45-34(36-29)23-37(22-27-11-12-28(41-2)21-32(27)43-4)15-14-26-10-13-31(42-3)33(20-26)44-5/h6-13,20-21,24H,14-19,22-23H2,1-5H3. The molecular formula is C35H42N4O5S. The lowest BCUT2D eigenvalue weighted by Gasteiger charge is -2.36. The van der Waals surface area contributed by atoms with E-state index in [2.05, 4.69) is 47.1 Å². The van der Waals surface area contributed by atoms with Crippen molar-refractivity contribution in [3.63, 3.8) is 0 Å². The van der Waals surface area contributed by atoms with Crippen molar-refractivity contribution < 1.29 is 23.7 Å². The third-order valence-corrected chi connectivity index (χ3v) is 9.04. The Balaban J connectivity index is 1.28. The monoisotopic (exact) mass is 630 g/mol. The predicted molar refractivity (Wildman–Crippen MR) is 178 cm³/mol. The van der Waals surface area contributed by atoms with Gasteiger partial charge in [-0.05, 0) is 48.7 Å². The third kappa shape index (κ3) is 7.87. The van der Waals surface area contributed by atoms with Crippen molar-refractivity contribution >= 4 is 22.9 Å². The third-order valence-electron chi connectivity index (χ3n) is 8.21. The van der Waals surface area contributed by atoms with E-state index in [-0.39, 0.29) is 5.91 Å². The number of ether oxygens (including phenoxy) is 4. The Bertz CT molecular complexity index is 1580. The number of amides is 1. The summed E-state index contributed by atoms with van der Waals surface area (Å²) in [6.07, 6.45) is 0.793. The summed E-state index contributed by atoms with van der Waals surface area (Å²) in [5.41, 5.74) is 5.19. The number of hydrogen-bond acceptors (Lipinski definition) is 9. The molecule has 45 heavy (non-hydrogen) atoms. The summed E-state index contributed by atoms with van der Waals surface area (Å²) >= 11 is 1.53. The highest BCUT2D eigenvalue weighted by Gasteiger charge is 2.25. The van der Waals surface area contributed by atoms with Crippen LogP contribution in [0.5, 0.6) is 23.0 Å². The zero-order valence-electron chi connectivity index (χ0n) is 26.7. The number of thiazole rings is 1. The molecule has 1 saturated heterocycles. The fourth-order valence-corrected chi connectivity index (χ4v) is 6.47. The van der Waals surface area contributed by atoms with E-state index in [0.29, 0.717) is 43.4 Å². The maximum atomic E-state index is 13.5. The average Bonchev–Trinajstić information content (AvgIpc) is 3.55. The number of piperazine rings is 1. The number of methoxy groups -OCH3 is 4. The van der Waals surface area contributed by atoms with E-state index in [1.165, 1.54) is 22.6 Å². The molecule has 0 N–H and O–H groups in total. The number of nitrogens with zero attached hydrogens (tertiary/aromatic N) is 4. The molecular weight excluding hydrogens is 588 g/mol. The molecule has 5 rings (SSSR count). The quantitative estimate of drug-likeness (QED) is 0.187. The Hall–Kier alpha value is -4.28. The summed E-state index contributed by atoms with van der Waals surface area (Å²) in [6.45, 7) is 7.09. The lowest BCUT2D eigenvalue weighted by Crippen LogP contribution is -2.49. The molecule has 0 spiro atoms. The zero-order valence-corrected chi connectivity index (χ0v) is 27.6. The first-order valence-corrected chi connectivity index (χ1v) is 16.0. The Morgan fingerprint density at radius 2 is 1.60 bits per heavy atom. The summed E-state index contributed by atoms with van der Waals surface area (Å²) in [4.78, 5) is 24.9. The second-order valence-corrected chi connectivity index (χ2v) is 12.0. The molecule has 0 saturated carbocycles. The molecule has 1 fully saturated rings. The number of aromatic nitrogens is 1. The number of para-hydroxylation sites is 1. The molecule has 0 atom stereocenters. The van der Waals surface area contributed by atoms with Crippen LogP contribution in [0.15, 0.2) is 66.0 Å². The van der Waals surface area contributed by atoms with E-state index < -0.39 is 0 Å². The van der Waals surface area contributed by atoms with Crippen LogP contribution in [0.2, 0.25) is 0 Å². The Kier molecular flexibility index (Phi) is 10.8. The summed E-state index contributed by atoms with van der Waals surface area (Å²) in [5.74, 6) is 2.93. The molecule has 9 nitrogen and oxygen atoms in total. The molecule has 1 aliphatic heterocycles. The van der Waals surface area contributed by atoms with Gasteiger partial charge in [-0.2, -0.15) is 0 Å². The van der Waals surface area contributed by atoms with Gasteiger partial charge in [0.15, 0.2) is 11.5 Å². The number of rotatable bonds is 13. The van der Waals surface area contributed by atoms with Crippen molar-refractivity contribution in [3.8, 4) is 23.0 Å². The maximum absolute atomic E-state index is 13.5. The number of hydrogen-bond donors (Lipinski definition) is 0. The van der Waals surface area contributed by atoms with Crippen LogP contribution in [0.25, 0.3) is 0 Å². The second-order valence-electron chi connectivity index (χ2n) is 11.0. The number of anilines is 1. The SMILES string of the molecule is COc1ccc(CN(CCc2ccc(OC)c(OC)c2)Cc2nc(C(=O)N3CCN(c4ccccc4C)CC3)cs2)c(OC)c1. The summed E-state index contributed by atoms with van der Waals surface area (Å²) in [7, 11) is 6.61. The number of aryl methyl sites for hydroxylation is 1. The van der Waals surface area contributed by atoms with Crippen LogP contribution in [0, 0.1) is 6.92 Å². The minimum Gasteiger partial charge on any atom is -0.497 e. The molecule has 0 aliphatic carbocycles. The topological polar surface area (TPSA) is 76.6 Å². The molecule has 0 unspecified atom stereocenters. The van der Waals surface area contributed by atoms with Gasteiger partial charge < -0.3 is 28.7 Å². The highest BCUT2D eigenvalue weighted by molar-refractivity contribution is 7.09. The van der Waals surface area contributed by atoms with Crippen LogP contribution < -0.4 is 23.8 Å². The van der Waals surface area contributed by atoms with Crippen LogP contribution in [-0.2, 0) is 19.5 Å². The van der Waals surface area contributed by atoms with Gasteiger partial charge in [-0.1, -0.05) is 30.3 Å². The van der Waals surface area contributed by atoms with Crippen molar-refractivity contribution in [2.24, 2.45) is 0 Å². The highest BCUT2D eigenvalue weighted by Crippen LogP contribution is 2.29. The zero-order chi connectivity index (χ0) is 31.8. The molecule has 1 amide bonds. The summed E-state index contributed by atoms with van der Waals surface area (Å²) < 4.78 is 22.0. The Morgan fingerprint density at radius 3 is 2.31 bits per heavy atom.